The minimum atomic E-state index is -0.623. The Balaban J connectivity index is 2.31. The molecule has 1 heterocycles. The number of aromatic nitrogens is 2. The Bertz CT molecular complexity index is 408. The van der Waals surface area contributed by atoms with E-state index in [1.807, 2.05) is 0 Å². The Hall–Kier alpha value is -1.57. The van der Waals surface area contributed by atoms with Crippen LogP contribution in [0.5, 0.6) is 0 Å². The van der Waals surface area contributed by atoms with Crippen molar-refractivity contribution in [2.75, 3.05) is 19.4 Å². The van der Waals surface area contributed by atoms with Crippen LogP contribution in [-0.4, -0.2) is 41.5 Å². The summed E-state index contributed by atoms with van der Waals surface area (Å²) in [4.78, 5) is 22.2. The lowest BCUT2D eigenvalue weighted by Gasteiger charge is -1.97. The minimum absolute atomic E-state index is 0.00617. The van der Waals surface area contributed by atoms with Crippen LogP contribution in [0.2, 0.25) is 0 Å². The first-order valence-electron chi connectivity index (χ1n) is 5.51. The maximum absolute atomic E-state index is 11.2. The molecule has 7 nitrogen and oxygen atoms in total. The molecule has 0 saturated heterocycles. The molecule has 0 aliphatic rings. The highest BCUT2D eigenvalue weighted by Crippen LogP contribution is 2.17. The zero-order valence-corrected chi connectivity index (χ0v) is 11.1. The minimum Gasteiger partial charge on any atom is -0.459 e. The summed E-state index contributed by atoms with van der Waals surface area (Å²) in [7, 11) is 1.60. The number of carbonyl (C=O) groups excluding carboxylic acids is 2. The second-order valence-corrected chi connectivity index (χ2v) is 4.26. The number of nitrogens with zero attached hydrogens (tertiary/aromatic N) is 2. The first-order chi connectivity index (χ1) is 8.67. The maximum atomic E-state index is 11.2. The van der Waals surface area contributed by atoms with Crippen molar-refractivity contribution in [3.8, 4) is 0 Å². The molecule has 1 rings (SSSR count). The van der Waals surface area contributed by atoms with Crippen LogP contribution in [0.3, 0.4) is 0 Å². The van der Waals surface area contributed by atoms with Gasteiger partial charge in [-0.25, -0.2) is 4.79 Å². The van der Waals surface area contributed by atoms with Crippen LogP contribution >= 0.6 is 11.8 Å². The summed E-state index contributed by atoms with van der Waals surface area (Å²) in [5.41, 5.74) is 0. The number of hydrogen-bond acceptors (Lipinski definition) is 7. The van der Waals surface area contributed by atoms with Crippen molar-refractivity contribution in [3.63, 3.8) is 0 Å². The normalized spacial score (nSPS) is 10.1. The van der Waals surface area contributed by atoms with E-state index in [9.17, 15) is 9.59 Å². The second-order valence-electron chi connectivity index (χ2n) is 3.22. The molecule has 0 radical (unpaired) electrons. The van der Waals surface area contributed by atoms with Gasteiger partial charge in [0, 0.05) is 19.2 Å². The topological polar surface area (TPSA) is 94.3 Å². The van der Waals surface area contributed by atoms with Gasteiger partial charge in [-0.2, -0.15) is 0 Å². The molecular formula is C10H15N3O4S. The summed E-state index contributed by atoms with van der Waals surface area (Å²) >= 11 is 1.30. The summed E-state index contributed by atoms with van der Waals surface area (Å²) in [5, 5.41) is 10.1. The number of nitrogens with one attached hydrogen (secondary N) is 1. The second kappa shape index (κ2) is 7.70. The monoisotopic (exact) mass is 273 g/mol. The molecular weight excluding hydrogens is 258 g/mol. The van der Waals surface area contributed by atoms with E-state index in [0.29, 0.717) is 23.8 Å². The van der Waals surface area contributed by atoms with Gasteiger partial charge in [0.1, 0.15) is 0 Å². The van der Waals surface area contributed by atoms with Crippen molar-refractivity contribution < 1.29 is 18.7 Å². The van der Waals surface area contributed by atoms with Crippen LogP contribution < -0.4 is 5.32 Å². The molecule has 0 fully saturated rings. The number of esters is 1. The SMILES string of the molecule is CCOC(=O)c1nnc(SCCCC(=O)NC)o1. The van der Waals surface area contributed by atoms with E-state index in [-0.39, 0.29) is 18.4 Å². The lowest BCUT2D eigenvalue weighted by molar-refractivity contribution is -0.120. The van der Waals surface area contributed by atoms with Gasteiger partial charge in [-0.3, -0.25) is 4.79 Å². The molecule has 1 amide bonds. The van der Waals surface area contributed by atoms with Gasteiger partial charge in [-0.15, -0.1) is 5.10 Å². The zero-order chi connectivity index (χ0) is 13.4. The molecule has 1 N–H and O–H groups in total. The number of thioether (sulfide) groups is 1. The van der Waals surface area contributed by atoms with Crippen molar-refractivity contribution in [2.24, 2.45) is 0 Å². The lowest BCUT2D eigenvalue weighted by Crippen LogP contribution is -2.17. The van der Waals surface area contributed by atoms with Crippen LogP contribution in [-0.2, 0) is 9.53 Å². The Labute approximate surface area is 109 Å². The van der Waals surface area contributed by atoms with Crippen LogP contribution in [0.4, 0.5) is 0 Å². The summed E-state index contributed by atoms with van der Waals surface area (Å²) < 4.78 is 9.81. The lowest BCUT2D eigenvalue weighted by atomic mass is 10.3. The quantitative estimate of drug-likeness (QED) is 0.447. The fourth-order valence-electron chi connectivity index (χ4n) is 1.06. The molecule has 0 unspecified atom stereocenters. The van der Waals surface area contributed by atoms with Gasteiger partial charge < -0.3 is 14.5 Å². The summed E-state index contributed by atoms with van der Waals surface area (Å²) in [6, 6.07) is 0. The fourth-order valence-corrected chi connectivity index (χ4v) is 1.76. The molecule has 8 heteroatoms. The van der Waals surface area contributed by atoms with Crippen LogP contribution in [0.15, 0.2) is 9.64 Å². The first kappa shape index (κ1) is 14.5. The summed E-state index contributed by atoms with van der Waals surface area (Å²) in [6.45, 7) is 1.96. The smallest absolute Gasteiger partial charge is 0.396 e. The number of carbonyl (C=O) groups is 2. The van der Waals surface area contributed by atoms with E-state index in [1.54, 1.807) is 14.0 Å². The van der Waals surface area contributed by atoms with Gasteiger partial charge >= 0.3 is 11.9 Å². The van der Waals surface area contributed by atoms with Gasteiger partial charge in [0.05, 0.1) is 6.61 Å². The van der Waals surface area contributed by atoms with Crippen molar-refractivity contribution >= 4 is 23.6 Å². The highest BCUT2D eigenvalue weighted by molar-refractivity contribution is 7.99. The van der Waals surface area contributed by atoms with Crippen LogP contribution in [0.1, 0.15) is 30.5 Å². The third-order valence-corrected chi connectivity index (χ3v) is 2.81. The predicted molar refractivity (Wildman–Crippen MR) is 64.3 cm³/mol. The fraction of sp³-hybridized carbons (Fsp3) is 0.600. The van der Waals surface area contributed by atoms with Crippen molar-refractivity contribution in [3.05, 3.63) is 5.89 Å². The molecule has 100 valence electrons. The summed E-state index contributed by atoms with van der Waals surface area (Å²) in [6.07, 6.45) is 1.14. The molecule has 1 aromatic rings. The third-order valence-electron chi connectivity index (χ3n) is 1.91. The van der Waals surface area contributed by atoms with Crippen LogP contribution in [0.25, 0.3) is 0 Å². The Morgan fingerprint density at radius 3 is 2.89 bits per heavy atom. The molecule has 0 aliphatic heterocycles. The van der Waals surface area contributed by atoms with E-state index in [1.165, 1.54) is 11.8 Å². The number of hydrogen-bond donors (Lipinski definition) is 1. The maximum Gasteiger partial charge on any atom is 0.396 e. The predicted octanol–water partition coefficient (Wildman–Crippen LogP) is 0.865. The van der Waals surface area contributed by atoms with Gasteiger partial charge in [-0.1, -0.05) is 16.9 Å². The first-order valence-corrected chi connectivity index (χ1v) is 6.50. The molecule has 1 aromatic heterocycles. The molecule has 18 heavy (non-hydrogen) atoms. The molecule has 0 atom stereocenters. The molecule has 0 bridgehead atoms. The zero-order valence-electron chi connectivity index (χ0n) is 10.3. The Morgan fingerprint density at radius 2 is 2.22 bits per heavy atom. The standard InChI is InChI=1S/C10H15N3O4S/c1-3-16-9(15)8-12-13-10(17-8)18-6-4-5-7(14)11-2/h3-6H2,1-2H3,(H,11,14). The molecule has 0 saturated carbocycles. The number of amides is 1. The van der Waals surface area contributed by atoms with Crippen molar-refractivity contribution in [1.82, 2.24) is 15.5 Å². The van der Waals surface area contributed by atoms with E-state index in [2.05, 4.69) is 15.5 Å². The van der Waals surface area contributed by atoms with Gasteiger partial charge in [0.2, 0.25) is 5.91 Å². The van der Waals surface area contributed by atoms with Crippen molar-refractivity contribution in [1.29, 1.82) is 0 Å². The third kappa shape index (κ3) is 4.74. The van der Waals surface area contributed by atoms with E-state index in [0.717, 1.165) is 0 Å². The highest BCUT2D eigenvalue weighted by Gasteiger charge is 2.15. The van der Waals surface area contributed by atoms with Gasteiger partial charge in [0.15, 0.2) is 0 Å². The Kier molecular flexibility index (Phi) is 6.20. The van der Waals surface area contributed by atoms with E-state index in [4.69, 9.17) is 9.15 Å². The Morgan fingerprint density at radius 1 is 1.44 bits per heavy atom. The van der Waals surface area contributed by atoms with Gasteiger partial charge in [-0.05, 0) is 13.3 Å². The number of rotatable bonds is 7. The number of ether oxygens (including phenoxy) is 1. The average Bonchev–Trinajstić information content (AvgIpc) is 2.83. The molecule has 0 aliphatic carbocycles. The van der Waals surface area contributed by atoms with E-state index < -0.39 is 5.97 Å². The largest absolute Gasteiger partial charge is 0.459 e. The summed E-state index contributed by atoms with van der Waals surface area (Å²) in [5.74, 6) is -0.112. The highest BCUT2D eigenvalue weighted by atomic mass is 32.2. The van der Waals surface area contributed by atoms with Crippen LogP contribution in [0, 0.1) is 0 Å². The van der Waals surface area contributed by atoms with E-state index >= 15 is 0 Å². The molecule has 0 aromatic carbocycles. The van der Waals surface area contributed by atoms with Crippen molar-refractivity contribution in [2.45, 2.75) is 25.0 Å². The average molecular weight is 273 g/mol. The molecule has 0 spiro atoms. The van der Waals surface area contributed by atoms with Gasteiger partial charge in [0.25, 0.3) is 5.22 Å².